The van der Waals surface area contributed by atoms with E-state index in [0.717, 1.165) is 0 Å². The molecule has 0 N–H and O–H groups in total. The molecule has 0 bridgehead atoms. The average molecular weight is 144 g/mol. The Kier molecular flexibility index (Phi) is 3.78. The van der Waals surface area contributed by atoms with Crippen molar-refractivity contribution in [1.29, 1.82) is 0 Å². The third kappa shape index (κ3) is 2.80. The zero-order valence-corrected chi connectivity index (χ0v) is 7.33. The summed E-state index contributed by atoms with van der Waals surface area (Å²) >= 11 is 4.65. The van der Waals surface area contributed by atoms with E-state index in [2.05, 4.69) is 38.5 Å². The Morgan fingerprint density at radius 3 is 1.89 bits per heavy atom. The fourth-order valence-electron chi connectivity index (χ4n) is 0.530. The van der Waals surface area contributed by atoms with Gasteiger partial charge in [-0.05, 0) is 12.8 Å². The van der Waals surface area contributed by atoms with Crippen molar-refractivity contribution in [2.45, 2.75) is 26.8 Å². The van der Waals surface area contributed by atoms with Crippen molar-refractivity contribution in [2.24, 2.45) is 5.92 Å². The Hall–Kier alpha value is -0.110. The van der Waals surface area contributed by atoms with E-state index < -0.39 is 0 Å². The maximum atomic E-state index is 4.65. The first-order valence-electron chi connectivity index (χ1n) is 3.20. The monoisotopic (exact) mass is 144 g/mol. The van der Waals surface area contributed by atoms with Gasteiger partial charge in [-0.2, -0.15) is 0 Å². The van der Waals surface area contributed by atoms with Crippen LogP contribution in [0.5, 0.6) is 0 Å². The zero-order chi connectivity index (χ0) is 7.44. The van der Waals surface area contributed by atoms with Crippen molar-refractivity contribution in [1.82, 2.24) is 4.90 Å². The zero-order valence-electron chi connectivity index (χ0n) is 6.51. The molecule has 0 amide bonds. The van der Waals surface area contributed by atoms with Crippen LogP contribution in [-0.2, 0) is 0 Å². The van der Waals surface area contributed by atoms with Crippen LogP contribution in [-0.4, -0.2) is 23.5 Å². The normalized spacial score (nSPS) is 13.4. The molecule has 53 valence electrons. The summed E-state index contributed by atoms with van der Waals surface area (Å²) in [6, 6.07) is 0.502. The molecule has 0 aliphatic rings. The average Bonchev–Trinajstić information content (AvgIpc) is 1.84. The molecule has 0 aromatic rings. The lowest BCUT2D eigenvalue weighted by molar-refractivity contribution is 0.320. The molecule has 0 aliphatic carbocycles. The Morgan fingerprint density at radius 2 is 1.78 bits per heavy atom. The first kappa shape index (κ1) is 8.89. The van der Waals surface area contributed by atoms with Gasteiger partial charge in [0.2, 0.25) is 0 Å². The molecule has 9 heavy (non-hydrogen) atoms. The molecule has 0 fully saturated rings. The molecule has 0 saturated carbocycles. The predicted molar refractivity (Wildman–Crippen MR) is 44.7 cm³/mol. The second-order valence-electron chi connectivity index (χ2n) is 2.69. The molecule has 2 heteroatoms. The maximum Gasteiger partial charge on any atom is 0.136 e. The molecule has 1 radical (unpaired) electrons. The van der Waals surface area contributed by atoms with Crippen LogP contribution < -0.4 is 0 Å². The van der Waals surface area contributed by atoms with Gasteiger partial charge in [0.1, 0.15) is 5.49 Å². The smallest absolute Gasteiger partial charge is 0.136 e. The highest BCUT2D eigenvalue weighted by Gasteiger charge is 2.08. The topological polar surface area (TPSA) is 3.24 Å². The van der Waals surface area contributed by atoms with Gasteiger partial charge >= 0.3 is 0 Å². The van der Waals surface area contributed by atoms with Crippen LogP contribution in [0.2, 0.25) is 0 Å². The van der Waals surface area contributed by atoms with Crippen LogP contribution in [0.1, 0.15) is 20.8 Å². The summed E-state index contributed by atoms with van der Waals surface area (Å²) in [5, 5.41) is 0. The van der Waals surface area contributed by atoms with Gasteiger partial charge in [0.25, 0.3) is 0 Å². The summed E-state index contributed by atoms with van der Waals surface area (Å²) in [4.78, 5) is 1.93. The van der Waals surface area contributed by atoms with E-state index in [-0.39, 0.29) is 0 Å². The summed E-state index contributed by atoms with van der Waals surface area (Å²) in [5.41, 5.74) is 2.66. The van der Waals surface area contributed by atoms with E-state index in [9.17, 15) is 0 Å². The largest absolute Gasteiger partial charge is 0.360 e. The third-order valence-corrected chi connectivity index (χ3v) is 2.01. The van der Waals surface area contributed by atoms with Gasteiger partial charge in [0.05, 0.1) is 0 Å². The van der Waals surface area contributed by atoms with E-state index in [4.69, 9.17) is 0 Å². The summed E-state index contributed by atoms with van der Waals surface area (Å²) in [7, 11) is 1.96. The van der Waals surface area contributed by atoms with Crippen LogP contribution in [0, 0.1) is 5.92 Å². The standard InChI is InChI=1S/C7H14NS/c1-6(2)7(3)8(4)5-9/h6-7H,1-4H3. The Morgan fingerprint density at radius 1 is 1.33 bits per heavy atom. The molecule has 1 nitrogen and oxygen atoms in total. The quantitative estimate of drug-likeness (QED) is 0.439. The predicted octanol–water partition coefficient (Wildman–Crippen LogP) is 1.80. The molecule has 1 atom stereocenters. The van der Waals surface area contributed by atoms with Crippen molar-refractivity contribution >= 4 is 17.7 Å². The highest BCUT2D eigenvalue weighted by molar-refractivity contribution is 7.78. The van der Waals surface area contributed by atoms with Crippen molar-refractivity contribution < 1.29 is 0 Å². The minimum atomic E-state index is 0.502. The van der Waals surface area contributed by atoms with E-state index in [1.165, 1.54) is 0 Å². The lowest BCUT2D eigenvalue weighted by atomic mass is 10.1. The minimum Gasteiger partial charge on any atom is -0.360 e. The highest BCUT2D eigenvalue weighted by atomic mass is 32.1. The SMILES string of the molecule is CC(C)C(C)N(C)[C]=S. The Bertz CT molecular complexity index is 90.9. The molecule has 0 spiro atoms. The summed E-state index contributed by atoms with van der Waals surface area (Å²) in [6.45, 7) is 6.49. The number of thiocarbonyl (C=S) groups is 1. The summed E-state index contributed by atoms with van der Waals surface area (Å²) < 4.78 is 0. The first-order chi connectivity index (χ1) is 4.09. The van der Waals surface area contributed by atoms with Crippen molar-refractivity contribution in [3.05, 3.63) is 0 Å². The molecular weight excluding hydrogens is 130 g/mol. The number of hydrogen-bond donors (Lipinski definition) is 0. The molecular formula is C7H14NS. The molecule has 0 heterocycles. The van der Waals surface area contributed by atoms with Gasteiger partial charge in [-0.1, -0.05) is 26.1 Å². The van der Waals surface area contributed by atoms with Crippen molar-refractivity contribution in [2.75, 3.05) is 7.05 Å². The summed E-state index contributed by atoms with van der Waals surface area (Å²) in [5.74, 6) is 0.644. The van der Waals surface area contributed by atoms with Crippen LogP contribution >= 0.6 is 12.2 Å². The molecule has 0 aromatic carbocycles. The molecule has 0 aliphatic heterocycles. The Labute approximate surface area is 63.0 Å². The van der Waals surface area contributed by atoms with Crippen LogP contribution in [0.4, 0.5) is 0 Å². The van der Waals surface area contributed by atoms with Gasteiger partial charge in [-0.15, -0.1) is 0 Å². The van der Waals surface area contributed by atoms with E-state index in [1.807, 2.05) is 11.9 Å². The summed E-state index contributed by atoms with van der Waals surface area (Å²) in [6.07, 6.45) is 0. The lowest BCUT2D eigenvalue weighted by Gasteiger charge is -2.24. The van der Waals surface area contributed by atoms with Gasteiger partial charge in [-0.3, -0.25) is 0 Å². The number of hydrogen-bond acceptors (Lipinski definition) is 1. The van der Waals surface area contributed by atoms with Crippen molar-refractivity contribution in [3.63, 3.8) is 0 Å². The van der Waals surface area contributed by atoms with Gasteiger partial charge in [0, 0.05) is 13.1 Å². The molecule has 1 unspecified atom stereocenters. The number of rotatable bonds is 3. The maximum absolute atomic E-state index is 4.65. The highest BCUT2D eigenvalue weighted by Crippen LogP contribution is 2.05. The van der Waals surface area contributed by atoms with Gasteiger partial charge < -0.3 is 4.90 Å². The molecule has 0 rings (SSSR count). The first-order valence-corrected chi connectivity index (χ1v) is 3.61. The van der Waals surface area contributed by atoms with Crippen LogP contribution in [0.15, 0.2) is 0 Å². The van der Waals surface area contributed by atoms with Crippen LogP contribution in [0.3, 0.4) is 0 Å². The van der Waals surface area contributed by atoms with Crippen LogP contribution in [0.25, 0.3) is 0 Å². The fourth-order valence-corrected chi connectivity index (χ4v) is 0.697. The lowest BCUT2D eigenvalue weighted by Crippen LogP contribution is -2.31. The second kappa shape index (κ2) is 3.83. The fraction of sp³-hybridized carbons (Fsp3) is 0.857. The van der Waals surface area contributed by atoms with E-state index >= 15 is 0 Å². The molecule has 0 saturated heterocycles. The van der Waals surface area contributed by atoms with E-state index in [1.54, 1.807) is 0 Å². The molecule has 0 aromatic heterocycles. The second-order valence-corrected chi connectivity index (χ2v) is 2.87. The van der Waals surface area contributed by atoms with Gasteiger partial charge in [0.15, 0.2) is 0 Å². The van der Waals surface area contributed by atoms with Gasteiger partial charge in [-0.25, -0.2) is 0 Å². The van der Waals surface area contributed by atoms with Crippen molar-refractivity contribution in [3.8, 4) is 0 Å². The number of nitrogens with zero attached hydrogens (tertiary/aromatic N) is 1. The third-order valence-electron chi connectivity index (χ3n) is 1.72. The Balaban J connectivity index is 3.71. The minimum absolute atomic E-state index is 0.502. The van der Waals surface area contributed by atoms with E-state index in [0.29, 0.717) is 12.0 Å².